The average molecular weight is 116 g/mol. The normalized spacial score (nSPS) is 25.5. The Labute approximate surface area is 50.1 Å². The van der Waals surface area contributed by atoms with E-state index in [0.29, 0.717) is 0 Å². The molecule has 0 amide bonds. The van der Waals surface area contributed by atoms with Crippen molar-refractivity contribution in [3.8, 4) is 0 Å². The molecule has 0 aliphatic heterocycles. The zero-order valence-electron chi connectivity index (χ0n) is 5.79. The van der Waals surface area contributed by atoms with E-state index in [1.165, 1.54) is 0 Å². The first-order chi connectivity index (χ1) is 3.46. The first kappa shape index (κ1) is 6.06. The SMILES string of the molecule is CC(C)(C)C1(F)CC1. The van der Waals surface area contributed by atoms with Crippen LogP contribution in [0.25, 0.3) is 0 Å². The molecule has 1 saturated carbocycles. The highest BCUT2D eigenvalue weighted by atomic mass is 19.1. The molecule has 0 spiro atoms. The van der Waals surface area contributed by atoms with Gasteiger partial charge in [-0.1, -0.05) is 20.8 Å². The second-order valence-electron chi connectivity index (χ2n) is 3.72. The van der Waals surface area contributed by atoms with E-state index in [1.54, 1.807) is 0 Å². The Morgan fingerprint density at radius 1 is 1.25 bits per heavy atom. The summed E-state index contributed by atoms with van der Waals surface area (Å²) in [4.78, 5) is 0. The van der Waals surface area contributed by atoms with Gasteiger partial charge in [0.2, 0.25) is 0 Å². The van der Waals surface area contributed by atoms with Gasteiger partial charge < -0.3 is 0 Å². The lowest BCUT2D eigenvalue weighted by molar-refractivity contribution is 0.137. The molecule has 8 heavy (non-hydrogen) atoms. The molecule has 1 aliphatic rings. The molecule has 48 valence electrons. The van der Waals surface area contributed by atoms with Crippen molar-refractivity contribution < 1.29 is 4.39 Å². The van der Waals surface area contributed by atoms with Gasteiger partial charge in [0.25, 0.3) is 0 Å². The van der Waals surface area contributed by atoms with Gasteiger partial charge in [0.15, 0.2) is 0 Å². The molecule has 0 aromatic rings. The second-order valence-corrected chi connectivity index (χ2v) is 3.72. The van der Waals surface area contributed by atoms with E-state index in [1.807, 2.05) is 20.8 Å². The van der Waals surface area contributed by atoms with Gasteiger partial charge in [0, 0.05) is 0 Å². The van der Waals surface area contributed by atoms with Crippen molar-refractivity contribution in [1.29, 1.82) is 0 Å². The molecule has 0 N–H and O–H groups in total. The van der Waals surface area contributed by atoms with Crippen LogP contribution in [0.3, 0.4) is 0 Å². The fourth-order valence-corrected chi connectivity index (χ4v) is 0.860. The molecule has 0 saturated heterocycles. The van der Waals surface area contributed by atoms with Crippen molar-refractivity contribution >= 4 is 0 Å². The van der Waals surface area contributed by atoms with Crippen molar-refractivity contribution in [2.75, 3.05) is 0 Å². The molecular weight excluding hydrogens is 103 g/mol. The van der Waals surface area contributed by atoms with Crippen LogP contribution in [0.2, 0.25) is 0 Å². The summed E-state index contributed by atoms with van der Waals surface area (Å²) >= 11 is 0. The van der Waals surface area contributed by atoms with Crippen LogP contribution in [0.1, 0.15) is 33.6 Å². The molecule has 1 rings (SSSR count). The number of rotatable bonds is 0. The van der Waals surface area contributed by atoms with E-state index in [-0.39, 0.29) is 5.41 Å². The van der Waals surface area contributed by atoms with Crippen LogP contribution in [0.15, 0.2) is 0 Å². The van der Waals surface area contributed by atoms with E-state index in [4.69, 9.17) is 0 Å². The molecule has 0 nitrogen and oxygen atoms in total. The van der Waals surface area contributed by atoms with Crippen LogP contribution in [0.4, 0.5) is 4.39 Å². The van der Waals surface area contributed by atoms with Gasteiger partial charge >= 0.3 is 0 Å². The predicted octanol–water partition coefficient (Wildman–Crippen LogP) is 2.53. The maximum absolute atomic E-state index is 13.0. The zero-order valence-corrected chi connectivity index (χ0v) is 5.79. The fourth-order valence-electron chi connectivity index (χ4n) is 0.860. The highest BCUT2D eigenvalue weighted by molar-refractivity contribution is 5.02. The van der Waals surface area contributed by atoms with Gasteiger partial charge in [-0.2, -0.15) is 0 Å². The smallest absolute Gasteiger partial charge is 0.116 e. The van der Waals surface area contributed by atoms with Crippen molar-refractivity contribution in [3.63, 3.8) is 0 Å². The van der Waals surface area contributed by atoms with Crippen LogP contribution in [-0.2, 0) is 0 Å². The molecule has 0 radical (unpaired) electrons. The van der Waals surface area contributed by atoms with E-state index >= 15 is 0 Å². The molecule has 1 fully saturated rings. The zero-order chi connectivity index (χ0) is 6.41. The third kappa shape index (κ3) is 0.743. The molecule has 0 aromatic carbocycles. The van der Waals surface area contributed by atoms with E-state index in [9.17, 15) is 4.39 Å². The summed E-state index contributed by atoms with van der Waals surface area (Å²) in [6.45, 7) is 5.88. The highest BCUT2D eigenvalue weighted by Gasteiger charge is 2.52. The number of hydrogen-bond acceptors (Lipinski definition) is 0. The molecule has 0 aromatic heterocycles. The van der Waals surface area contributed by atoms with Gasteiger partial charge in [-0.3, -0.25) is 0 Å². The lowest BCUT2D eigenvalue weighted by Crippen LogP contribution is -2.22. The van der Waals surface area contributed by atoms with Crippen LogP contribution in [-0.4, -0.2) is 5.67 Å². The van der Waals surface area contributed by atoms with Gasteiger partial charge in [0.1, 0.15) is 5.67 Å². The predicted molar refractivity (Wildman–Crippen MR) is 32.5 cm³/mol. The summed E-state index contributed by atoms with van der Waals surface area (Å²) in [6, 6.07) is 0. The van der Waals surface area contributed by atoms with Gasteiger partial charge in [-0.15, -0.1) is 0 Å². The van der Waals surface area contributed by atoms with Crippen LogP contribution < -0.4 is 0 Å². The average Bonchev–Trinajstić information content (AvgIpc) is 2.16. The third-order valence-electron chi connectivity index (χ3n) is 2.03. The summed E-state index contributed by atoms with van der Waals surface area (Å²) in [5.74, 6) is 0. The van der Waals surface area contributed by atoms with Gasteiger partial charge in [0.05, 0.1) is 0 Å². The molecule has 1 aliphatic carbocycles. The van der Waals surface area contributed by atoms with E-state index in [2.05, 4.69) is 0 Å². The summed E-state index contributed by atoms with van der Waals surface area (Å²) in [5.41, 5.74) is -0.931. The topological polar surface area (TPSA) is 0 Å². The maximum Gasteiger partial charge on any atom is 0.116 e. The minimum atomic E-state index is -0.812. The minimum absolute atomic E-state index is 0.118. The molecule has 0 atom stereocenters. The van der Waals surface area contributed by atoms with Crippen LogP contribution in [0, 0.1) is 5.41 Å². The summed E-state index contributed by atoms with van der Waals surface area (Å²) in [5, 5.41) is 0. The van der Waals surface area contributed by atoms with Crippen molar-refractivity contribution in [3.05, 3.63) is 0 Å². The largest absolute Gasteiger partial charge is 0.243 e. The number of alkyl halides is 1. The Kier molecular flexibility index (Phi) is 0.951. The van der Waals surface area contributed by atoms with E-state index < -0.39 is 5.67 Å². The Morgan fingerprint density at radius 2 is 1.62 bits per heavy atom. The number of halogens is 1. The first-order valence-electron chi connectivity index (χ1n) is 3.15. The lowest BCUT2D eigenvalue weighted by Gasteiger charge is -2.22. The van der Waals surface area contributed by atoms with Crippen molar-refractivity contribution in [1.82, 2.24) is 0 Å². The Bertz CT molecular complexity index is 92.2. The third-order valence-corrected chi connectivity index (χ3v) is 2.03. The fraction of sp³-hybridized carbons (Fsp3) is 1.00. The van der Waals surface area contributed by atoms with Gasteiger partial charge in [-0.25, -0.2) is 4.39 Å². The Hall–Kier alpha value is -0.0700. The molecule has 0 heterocycles. The lowest BCUT2D eigenvalue weighted by atomic mass is 9.88. The summed E-state index contributed by atoms with van der Waals surface area (Å²) in [7, 11) is 0. The van der Waals surface area contributed by atoms with Crippen molar-refractivity contribution in [2.24, 2.45) is 5.41 Å². The maximum atomic E-state index is 13.0. The second kappa shape index (κ2) is 1.26. The molecular formula is C7H13F. The standard InChI is InChI=1S/C7H13F/c1-6(2,3)7(8)4-5-7/h4-5H2,1-3H3. The first-order valence-corrected chi connectivity index (χ1v) is 3.15. The van der Waals surface area contributed by atoms with Crippen LogP contribution in [0.5, 0.6) is 0 Å². The Balaban J connectivity index is 2.58. The van der Waals surface area contributed by atoms with Crippen LogP contribution >= 0.6 is 0 Å². The molecule has 0 unspecified atom stereocenters. The van der Waals surface area contributed by atoms with Crippen molar-refractivity contribution in [2.45, 2.75) is 39.3 Å². The van der Waals surface area contributed by atoms with E-state index in [0.717, 1.165) is 12.8 Å². The highest BCUT2D eigenvalue weighted by Crippen LogP contribution is 2.52. The monoisotopic (exact) mass is 116 g/mol. The Morgan fingerprint density at radius 3 is 1.62 bits per heavy atom. The molecule has 1 heteroatoms. The number of hydrogen-bond donors (Lipinski definition) is 0. The molecule has 0 bridgehead atoms. The quantitative estimate of drug-likeness (QED) is 0.456. The summed E-state index contributed by atoms with van der Waals surface area (Å²) < 4.78 is 13.0. The van der Waals surface area contributed by atoms with Gasteiger partial charge in [-0.05, 0) is 18.3 Å². The minimum Gasteiger partial charge on any atom is -0.243 e. The summed E-state index contributed by atoms with van der Waals surface area (Å²) in [6.07, 6.45) is 1.55.